The molecule has 1 saturated heterocycles. The Hall–Kier alpha value is -2.70. The van der Waals surface area contributed by atoms with Crippen LogP contribution in [0.1, 0.15) is 30.0 Å². The van der Waals surface area contributed by atoms with E-state index >= 15 is 0 Å². The van der Waals surface area contributed by atoms with Crippen LogP contribution in [0.2, 0.25) is 0 Å². The lowest BCUT2D eigenvalue weighted by Gasteiger charge is -2.51. The van der Waals surface area contributed by atoms with E-state index in [1.54, 1.807) is 14.2 Å². The number of hydrazine groups is 1. The number of para-hydroxylation sites is 1. The van der Waals surface area contributed by atoms with Crippen molar-refractivity contribution in [2.24, 2.45) is 0 Å². The molecular formula is C23H27N3O3. The van der Waals surface area contributed by atoms with Crippen LogP contribution in [0.5, 0.6) is 17.2 Å². The molecule has 0 saturated carbocycles. The number of fused-ring (bicyclic) bond motifs is 4. The summed E-state index contributed by atoms with van der Waals surface area (Å²) in [7, 11) is 5.57. The van der Waals surface area contributed by atoms with Crippen molar-refractivity contribution in [1.29, 1.82) is 0 Å². The lowest BCUT2D eigenvalue weighted by atomic mass is 9.92. The predicted molar refractivity (Wildman–Crippen MR) is 112 cm³/mol. The molecule has 0 radical (unpaired) electrons. The van der Waals surface area contributed by atoms with Gasteiger partial charge in [-0.2, -0.15) is 5.01 Å². The van der Waals surface area contributed by atoms with Gasteiger partial charge in [-0.1, -0.05) is 24.3 Å². The molecule has 1 atom stereocenters. The van der Waals surface area contributed by atoms with E-state index in [1.807, 2.05) is 24.3 Å². The second-order valence-corrected chi connectivity index (χ2v) is 7.97. The van der Waals surface area contributed by atoms with Gasteiger partial charge >= 0.3 is 0 Å². The van der Waals surface area contributed by atoms with Gasteiger partial charge in [0.2, 0.25) is 0 Å². The van der Waals surface area contributed by atoms with Crippen molar-refractivity contribution in [3.63, 3.8) is 0 Å². The van der Waals surface area contributed by atoms with Crippen molar-refractivity contribution < 1.29 is 14.2 Å². The Morgan fingerprint density at radius 1 is 1.07 bits per heavy atom. The normalized spacial score (nSPS) is 22.9. The summed E-state index contributed by atoms with van der Waals surface area (Å²) >= 11 is 0. The zero-order valence-corrected chi connectivity index (χ0v) is 17.1. The van der Waals surface area contributed by atoms with Gasteiger partial charge in [0.25, 0.3) is 0 Å². The van der Waals surface area contributed by atoms with Gasteiger partial charge in [-0.25, -0.2) is 0 Å². The zero-order chi connectivity index (χ0) is 20.0. The first kappa shape index (κ1) is 18.3. The number of hydrogen-bond donors (Lipinski definition) is 1. The molecule has 152 valence electrons. The van der Waals surface area contributed by atoms with Crippen LogP contribution in [0.25, 0.3) is 5.70 Å². The van der Waals surface area contributed by atoms with Gasteiger partial charge in [0.15, 0.2) is 17.2 Å². The van der Waals surface area contributed by atoms with Crippen LogP contribution in [0, 0.1) is 0 Å². The van der Waals surface area contributed by atoms with E-state index in [-0.39, 0.29) is 6.04 Å². The van der Waals surface area contributed by atoms with Gasteiger partial charge in [-0.15, -0.1) is 0 Å². The van der Waals surface area contributed by atoms with E-state index < -0.39 is 5.72 Å². The van der Waals surface area contributed by atoms with E-state index in [2.05, 4.69) is 46.7 Å². The third-order valence-corrected chi connectivity index (χ3v) is 6.27. The van der Waals surface area contributed by atoms with E-state index in [1.165, 1.54) is 0 Å². The smallest absolute Gasteiger partial charge is 0.183 e. The van der Waals surface area contributed by atoms with Gasteiger partial charge < -0.3 is 24.5 Å². The summed E-state index contributed by atoms with van der Waals surface area (Å²) in [6.45, 7) is 1.98. The molecule has 6 nitrogen and oxygen atoms in total. The lowest BCUT2D eigenvalue weighted by Crippen LogP contribution is -2.63. The number of likely N-dealkylation sites (tertiary alicyclic amines) is 1. The van der Waals surface area contributed by atoms with E-state index in [9.17, 15) is 0 Å². The fraction of sp³-hybridized carbons (Fsp3) is 0.391. The number of nitrogens with one attached hydrogen (secondary N) is 1. The standard InChI is InChI=1S/C23H27N3O3/c1-25-12-10-23(11-13-25)26-20(18-8-5-9-21(28-3)22(18)29-23)15-19(24-26)16-6-4-7-17(14-16)27-2/h4-9,14-15,20,24H,10-13H2,1-3H3/t20-/m1/s1. The molecule has 6 heteroatoms. The van der Waals surface area contributed by atoms with Crippen LogP contribution in [0.15, 0.2) is 48.5 Å². The summed E-state index contributed by atoms with van der Waals surface area (Å²) in [4.78, 5) is 2.35. The average Bonchev–Trinajstić information content (AvgIpc) is 3.22. The number of hydrogen-bond acceptors (Lipinski definition) is 6. The van der Waals surface area contributed by atoms with E-state index in [4.69, 9.17) is 14.2 Å². The minimum absolute atomic E-state index is 0.0819. The largest absolute Gasteiger partial charge is 0.497 e. The number of nitrogens with zero attached hydrogens (tertiary/aromatic N) is 2. The van der Waals surface area contributed by atoms with Crippen molar-refractivity contribution in [2.75, 3.05) is 34.4 Å². The first-order valence-electron chi connectivity index (χ1n) is 10.1. The molecule has 2 aromatic carbocycles. The van der Waals surface area contributed by atoms with Gasteiger partial charge in [-0.3, -0.25) is 0 Å². The van der Waals surface area contributed by atoms with Crippen molar-refractivity contribution >= 4 is 5.70 Å². The van der Waals surface area contributed by atoms with Crippen LogP contribution >= 0.6 is 0 Å². The highest BCUT2D eigenvalue weighted by Crippen LogP contribution is 2.51. The summed E-state index contributed by atoms with van der Waals surface area (Å²) in [5, 5.41) is 2.30. The molecule has 1 N–H and O–H groups in total. The second kappa shape index (κ2) is 6.97. The number of ether oxygens (including phenoxy) is 3. The average molecular weight is 393 g/mol. The van der Waals surface area contributed by atoms with Gasteiger partial charge in [0.1, 0.15) is 5.75 Å². The van der Waals surface area contributed by atoms with E-state index in [0.29, 0.717) is 0 Å². The fourth-order valence-electron chi connectivity index (χ4n) is 4.59. The molecule has 0 bridgehead atoms. The molecule has 0 aromatic heterocycles. The minimum Gasteiger partial charge on any atom is -0.497 e. The summed E-state index contributed by atoms with van der Waals surface area (Å²) < 4.78 is 17.8. The topological polar surface area (TPSA) is 46.2 Å². The molecule has 0 amide bonds. The van der Waals surface area contributed by atoms with Crippen molar-refractivity contribution in [3.8, 4) is 17.2 Å². The maximum atomic E-state index is 6.73. The number of piperidine rings is 1. The maximum Gasteiger partial charge on any atom is 0.183 e. The molecule has 29 heavy (non-hydrogen) atoms. The Kier molecular flexibility index (Phi) is 4.41. The summed E-state index contributed by atoms with van der Waals surface area (Å²) in [6, 6.07) is 14.4. The van der Waals surface area contributed by atoms with Crippen LogP contribution in [0.3, 0.4) is 0 Å². The highest BCUT2D eigenvalue weighted by molar-refractivity contribution is 5.69. The lowest BCUT2D eigenvalue weighted by molar-refractivity contribution is -0.158. The molecule has 3 aliphatic rings. The zero-order valence-electron chi connectivity index (χ0n) is 17.1. The van der Waals surface area contributed by atoms with Crippen LogP contribution in [-0.2, 0) is 0 Å². The molecule has 1 spiro atoms. The molecule has 3 heterocycles. The first-order chi connectivity index (χ1) is 14.1. The van der Waals surface area contributed by atoms with Crippen LogP contribution in [0.4, 0.5) is 0 Å². The number of rotatable bonds is 3. The van der Waals surface area contributed by atoms with Gasteiger partial charge in [-0.05, 0) is 31.3 Å². The fourth-order valence-corrected chi connectivity index (χ4v) is 4.59. The Morgan fingerprint density at radius 3 is 2.62 bits per heavy atom. The Labute approximate surface area is 171 Å². The summed E-state index contributed by atoms with van der Waals surface area (Å²) in [5.74, 6) is 2.51. The second-order valence-electron chi connectivity index (χ2n) is 7.97. The van der Waals surface area contributed by atoms with Gasteiger partial charge in [0.05, 0.1) is 26.0 Å². The summed E-state index contributed by atoms with van der Waals surface area (Å²) in [6.07, 6.45) is 4.13. The van der Waals surface area contributed by atoms with Crippen molar-refractivity contribution in [2.45, 2.75) is 24.6 Å². The van der Waals surface area contributed by atoms with E-state index in [0.717, 1.165) is 60.0 Å². The first-order valence-corrected chi connectivity index (χ1v) is 10.1. The molecule has 0 aliphatic carbocycles. The molecule has 3 aliphatic heterocycles. The number of benzene rings is 2. The highest BCUT2D eigenvalue weighted by Gasteiger charge is 2.52. The maximum absolute atomic E-state index is 6.73. The molecular weight excluding hydrogens is 366 g/mol. The Balaban J connectivity index is 1.59. The predicted octanol–water partition coefficient (Wildman–Crippen LogP) is 3.42. The summed E-state index contributed by atoms with van der Waals surface area (Å²) in [5.41, 5.74) is 6.56. The molecule has 5 rings (SSSR count). The molecule has 1 fully saturated rings. The monoisotopic (exact) mass is 393 g/mol. The van der Waals surface area contributed by atoms with Crippen LogP contribution in [-0.4, -0.2) is 50.0 Å². The third kappa shape index (κ3) is 2.94. The molecule has 0 unspecified atom stereocenters. The number of methoxy groups -OCH3 is 2. The Bertz CT molecular complexity index is 950. The molecule has 2 aromatic rings. The van der Waals surface area contributed by atoms with Crippen molar-refractivity contribution in [1.82, 2.24) is 15.3 Å². The van der Waals surface area contributed by atoms with Crippen molar-refractivity contribution in [3.05, 3.63) is 59.7 Å². The van der Waals surface area contributed by atoms with Crippen LogP contribution < -0.4 is 19.6 Å². The highest BCUT2D eigenvalue weighted by atomic mass is 16.5. The quantitative estimate of drug-likeness (QED) is 0.862. The minimum atomic E-state index is -0.407. The Morgan fingerprint density at radius 2 is 1.86 bits per heavy atom. The van der Waals surface area contributed by atoms with Gasteiger partial charge in [0, 0.05) is 37.1 Å². The SMILES string of the molecule is COc1cccc(C2=C[C@@H]3c4cccc(OC)c4OC4(CCN(C)CC4)N3N2)c1. The third-order valence-electron chi connectivity index (χ3n) is 6.27.